The first-order valence-corrected chi connectivity index (χ1v) is 5.72. The lowest BCUT2D eigenvalue weighted by atomic mass is 10.1. The lowest BCUT2D eigenvalue weighted by molar-refractivity contribution is -0.139. The third-order valence-electron chi connectivity index (χ3n) is 2.38. The van der Waals surface area contributed by atoms with Crippen LogP contribution in [0.5, 0.6) is 17.2 Å². The van der Waals surface area contributed by atoms with E-state index in [-0.39, 0.29) is 12.6 Å². The molecule has 104 valence electrons. The van der Waals surface area contributed by atoms with E-state index < -0.39 is 0 Å². The van der Waals surface area contributed by atoms with Crippen molar-refractivity contribution in [3.63, 3.8) is 0 Å². The van der Waals surface area contributed by atoms with Crippen LogP contribution in [-0.2, 0) is 9.53 Å². The zero-order valence-electron chi connectivity index (χ0n) is 11.6. The molecule has 0 radical (unpaired) electrons. The van der Waals surface area contributed by atoms with Crippen molar-refractivity contribution in [1.82, 2.24) is 0 Å². The summed E-state index contributed by atoms with van der Waals surface area (Å²) in [5, 5.41) is 0. The molecule has 1 rings (SSSR count). The lowest BCUT2D eigenvalue weighted by Gasteiger charge is -2.12. The van der Waals surface area contributed by atoms with Crippen LogP contribution >= 0.6 is 0 Å². The second-order valence-electron chi connectivity index (χ2n) is 3.66. The summed E-state index contributed by atoms with van der Waals surface area (Å²) in [5.74, 6) is 1.39. The van der Waals surface area contributed by atoms with Crippen molar-refractivity contribution in [3.05, 3.63) is 23.8 Å². The van der Waals surface area contributed by atoms with E-state index in [9.17, 15) is 4.79 Å². The largest absolute Gasteiger partial charge is 0.493 e. The van der Waals surface area contributed by atoms with Crippen molar-refractivity contribution >= 4 is 12.0 Å². The molecule has 0 aliphatic heterocycles. The fraction of sp³-hybridized carbons (Fsp3) is 0.357. The Hall–Kier alpha value is -2.17. The predicted molar refractivity (Wildman–Crippen MR) is 71.8 cm³/mol. The van der Waals surface area contributed by atoms with Crippen molar-refractivity contribution in [1.29, 1.82) is 0 Å². The van der Waals surface area contributed by atoms with Gasteiger partial charge in [0.25, 0.3) is 0 Å². The SMILES string of the molecule is COc1cc(/C=C\COC(C)=O)cc(OC)c1OC. The number of rotatable bonds is 6. The van der Waals surface area contributed by atoms with Gasteiger partial charge in [0.1, 0.15) is 6.61 Å². The topological polar surface area (TPSA) is 54.0 Å². The smallest absolute Gasteiger partial charge is 0.302 e. The molecule has 0 saturated heterocycles. The number of carbonyl (C=O) groups excluding carboxylic acids is 1. The predicted octanol–water partition coefficient (Wildman–Crippen LogP) is 2.29. The van der Waals surface area contributed by atoms with E-state index in [2.05, 4.69) is 0 Å². The lowest BCUT2D eigenvalue weighted by Crippen LogP contribution is -1.97. The molecule has 0 atom stereocenters. The fourth-order valence-corrected chi connectivity index (χ4v) is 1.55. The maximum atomic E-state index is 10.6. The van der Waals surface area contributed by atoms with Gasteiger partial charge in [-0.1, -0.05) is 6.08 Å². The second-order valence-corrected chi connectivity index (χ2v) is 3.66. The Labute approximate surface area is 112 Å². The van der Waals surface area contributed by atoms with Gasteiger partial charge in [-0.3, -0.25) is 4.79 Å². The summed E-state index contributed by atoms with van der Waals surface area (Å²) in [5.41, 5.74) is 0.863. The van der Waals surface area contributed by atoms with Gasteiger partial charge in [0.15, 0.2) is 11.5 Å². The molecule has 0 aromatic heterocycles. The molecule has 0 saturated carbocycles. The molecule has 1 aromatic carbocycles. The number of methoxy groups -OCH3 is 3. The summed E-state index contributed by atoms with van der Waals surface area (Å²) in [6.45, 7) is 1.60. The van der Waals surface area contributed by atoms with Crippen molar-refractivity contribution in [2.45, 2.75) is 6.92 Å². The van der Waals surface area contributed by atoms with Crippen LogP contribution < -0.4 is 14.2 Å². The molecule has 0 aliphatic carbocycles. The van der Waals surface area contributed by atoms with Gasteiger partial charge in [0, 0.05) is 6.92 Å². The molecule has 5 heteroatoms. The summed E-state index contributed by atoms with van der Waals surface area (Å²) in [7, 11) is 4.67. The summed E-state index contributed by atoms with van der Waals surface area (Å²) in [6, 6.07) is 3.62. The summed E-state index contributed by atoms with van der Waals surface area (Å²) in [4.78, 5) is 10.6. The highest BCUT2D eigenvalue weighted by Gasteiger charge is 2.11. The molecule has 0 amide bonds. The quantitative estimate of drug-likeness (QED) is 0.739. The molecule has 0 bridgehead atoms. The van der Waals surface area contributed by atoms with Gasteiger partial charge in [-0.15, -0.1) is 0 Å². The standard InChI is InChI=1S/C14H18O5/c1-10(15)19-7-5-6-11-8-12(16-2)14(18-4)13(9-11)17-3/h5-6,8-9H,7H2,1-4H3/b6-5-. The summed E-state index contributed by atoms with van der Waals surface area (Å²) < 4.78 is 20.5. The van der Waals surface area contributed by atoms with Gasteiger partial charge in [-0.25, -0.2) is 0 Å². The molecule has 0 N–H and O–H groups in total. The van der Waals surface area contributed by atoms with Crippen molar-refractivity contribution in [3.8, 4) is 17.2 Å². The van der Waals surface area contributed by atoms with Gasteiger partial charge in [-0.05, 0) is 23.8 Å². The Morgan fingerprint density at radius 2 is 1.68 bits per heavy atom. The maximum Gasteiger partial charge on any atom is 0.302 e. The Kier molecular flexibility index (Phi) is 5.73. The average Bonchev–Trinajstić information content (AvgIpc) is 2.42. The highest BCUT2D eigenvalue weighted by molar-refractivity contribution is 5.66. The van der Waals surface area contributed by atoms with Crippen LogP contribution in [0.15, 0.2) is 18.2 Å². The molecule has 0 spiro atoms. The fourth-order valence-electron chi connectivity index (χ4n) is 1.55. The maximum absolute atomic E-state index is 10.6. The van der Waals surface area contributed by atoms with Gasteiger partial charge >= 0.3 is 5.97 Å². The number of hydrogen-bond donors (Lipinski definition) is 0. The molecule has 5 nitrogen and oxygen atoms in total. The van der Waals surface area contributed by atoms with Crippen LogP contribution in [0.4, 0.5) is 0 Å². The monoisotopic (exact) mass is 266 g/mol. The molecule has 19 heavy (non-hydrogen) atoms. The molecule has 0 unspecified atom stereocenters. The van der Waals surface area contributed by atoms with E-state index in [4.69, 9.17) is 18.9 Å². The van der Waals surface area contributed by atoms with E-state index in [1.54, 1.807) is 27.4 Å². The zero-order chi connectivity index (χ0) is 14.3. The van der Waals surface area contributed by atoms with E-state index in [0.29, 0.717) is 17.2 Å². The van der Waals surface area contributed by atoms with E-state index >= 15 is 0 Å². The van der Waals surface area contributed by atoms with E-state index in [0.717, 1.165) is 5.56 Å². The van der Waals surface area contributed by atoms with Gasteiger partial charge < -0.3 is 18.9 Å². The third-order valence-corrected chi connectivity index (χ3v) is 2.38. The normalized spacial score (nSPS) is 10.3. The third kappa shape index (κ3) is 4.21. The molecule has 0 fully saturated rings. The van der Waals surface area contributed by atoms with Gasteiger partial charge in [0.05, 0.1) is 21.3 Å². The number of benzene rings is 1. The number of esters is 1. The average molecular weight is 266 g/mol. The number of hydrogen-bond acceptors (Lipinski definition) is 5. The van der Waals surface area contributed by atoms with Crippen LogP contribution in [0.1, 0.15) is 12.5 Å². The van der Waals surface area contributed by atoms with Crippen molar-refractivity contribution < 1.29 is 23.7 Å². The molecular weight excluding hydrogens is 248 g/mol. The minimum atomic E-state index is -0.311. The first-order chi connectivity index (χ1) is 9.12. The summed E-state index contributed by atoms with van der Waals surface area (Å²) in [6.07, 6.45) is 3.55. The number of carbonyl (C=O) groups is 1. The molecular formula is C14H18O5. The molecule has 0 heterocycles. The van der Waals surface area contributed by atoms with Crippen molar-refractivity contribution in [2.24, 2.45) is 0 Å². The molecule has 1 aromatic rings. The highest BCUT2D eigenvalue weighted by Crippen LogP contribution is 2.38. The van der Waals surface area contributed by atoms with Crippen LogP contribution in [0.2, 0.25) is 0 Å². The van der Waals surface area contributed by atoms with Gasteiger partial charge in [0.2, 0.25) is 5.75 Å². The van der Waals surface area contributed by atoms with Gasteiger partial charge in [-0.2, -0.15) is 0 Å². The Morgan fingerprint density at radius 3 is 2.11 bits per heavy atom. The van der Waals surface area contributed by atoms with Crippen LogP contribution in [0.25, 0.3) is 6.08 Å². The Morgan fingerprint density at radius 1 is 1.11 bits per heavy atom. The van der Waals surface area contributed by atoms with Crippen molar-refractivity contribution in [2.75, 3.05) is 27.9 Å². The Balaban J connectivity index is 2.93. The Bertz CT molecular complexity index is 440. The van der Waals surface area contributed by atoms with Crippen LogP contribution in [0.3, 0.4) is 0 Å². The first-order valence-electron chi connectivity index (χ1n) is 5.72. The minimum absolute atomic E-state index is 0.228. The first kappa shape index (κ1) is 14.9. The highest BCUT2D eigenvalue weighted by atomic mass is 16.5. The summed E-state index contributed by atoms with van der Waals surface area (Å²) >= 11 is 0. The van der Waals surface area contributed by atoms with Crippen LogP contribution in [-0.4, -0.2) is 33.9 Å². The number of ether oxygens (including phenoxy) is 4. The minimum Gasteiger partial charge on any atom is -0.493 e. The second kappa shape index (κ2) is 7.31. The van der Waals surface area contributed by atoms with E-state index in [1.165, 1.54) is 6.92 Å². The van der Waals surface area contributed by atoms with E-state index in [1.807, 2.05) is 18.2 Å². The van der Waals surface area contributed by atoms with Crippen LogP contribution in [0, 0.1) is 0 Å². The molecule has 0 aliphatic rings. The zero-order valence-corrected chi connectivity index (χ0v) is 11.6.